The zero-order chi connectivity index (χ0) is 18.0. The molecule has 7 nitrogen and oxygen atoms in total. The van der Waals surface area contributed by atoms with Gasteiger partial charge in [-0.15, -0.1) is 0 Å². The molecule has 2 aromatic heterocycles. The molecule has 130 valence electrons. The fourth-order valence-electron chi connectivity index (χ4n) is 2.58. The molecule has 0 unspecified atom stereocenters. The highest BCUT2D eigenvalue weighted by Crippen LogP contribution is 2.24. The van der Waals surface area contributed by atoms with Gasteiger partial charge in [0.2, 0.25) is 10.0 Å². The van der Waals surface area contributed by atoms with Gasteiger partial charge < -0.3 is 10.3 Å². The lowest BCUT2D eigenvalue weighted by Gasteiger charge is -2.07. The number of hydrogen-bond donors (Lipinski definition) is 2. The molecular formula is C17H18N4O3S. The average Bonchev–Trinajstić information content (AvgIpc) is 2.93. The number of nitrogens with two attached hydrogens (primary N) is 1. The van der Waals surface area contributed by atoms with Crippen LogP contribution in [0.1, 0.15) is 22.8 Å². The number of fused-ring (bicyclic) bond motifs is 1. The van der Waals surface area contributed by atoms with Gasteiger partial charge in [0.1, 0.15) is 5.65 Å². The molecular weight excluding hydrogens is 340 g/mol. The maximum atomic E-state index is 11.8. The van der Waals surface area contributed by atoms with Crippen LogP contribution in [0.5, 0.6) is 0 Å². The van der Waals surface area contributed by atoms with Crippen LogP contribution in [0.2, 0.25) is 0 Å². The molecule has 0 aliphatic heterocycles. The lowest BCUT2D eigenvalue weighted by Crippen LogP contribution is -2.15. The minimum atomic E-state index is -3.43. The van der Waals surface area contributed by atoms with Crippen molar-refractivity contribution in [1.82, 2.24) is 9.55 Å². The summed E-state index contributed by atoms with van der Waals surface area (Å²) in [7, 11) is -3.43. The SMILES string of the molecule is CCS(=O)(=O)Nc1cnc2c(c1)c(C(N)=O)cn2Cc1ccccc1. The Bertz CT molecular complexity index is 1030. The van der Waals surface area contributed by atoms with Gasteiger partial charge in [0, 0.05) is 18.1 Å². The number of anilines is 1. The van der Waals surface area contributed by atoms with Crippen molar-refractivity contribution in [2.45, 2.75) is 13.5 Å². The van der Waals surface area contributed by atoms with Crippen molar-refractivity contribution in [3.05, 3.63) is 59.9 Å². The Balaban J connectivity index is 2.07. The van der Waals surface area contributed by atoms with Crippen molar-refractivity contribution in [2.24, 2.45) is 5.73 Å². The zero-order valence-corrected chi connectivity index (χ0v) is 14.5. The van der Waals surface area contributed by atoms with Gasteiger partial charge in [-0.2, -0.15) is 0 Å². The van der Waals surface area contributed by atoms with Crippen molar-refractivity contribution in [3.8, 4) is 0 Å². The third-order valence-corrected chi connectivity index (χ3v) is 5.14. The number of nitrogens with zero attached hydrogens (tertiary/aromatic N) is 2. The van der Waals surface area contributed by atoms with Gasteiger partial charge in [-0.05, 0) is 18.6 Å². The van der Waals surface area contributed by atoms with Crippen molar-refractivity contribution in [2.75, 3.05) is 10.5 Å². The normalized spacial score (nSPS) is 11.6. The molecule has 3 aromatic rings. The molecule has 1 aromatic carbocycles. The van der Waals surface area contributed by atoms with Crippen LogP contribution in [0, 0.1) is 0 Å². The van der Waals surface area contributed by atoms with Gasteiger partial charge in [-0.25, -0.2) is 13.4 Å². The molecule has 2 heterocycles. The molecule has 0 radical (unpaired) electrons. The molecule has 0 atom stereocenters. The summed E-state index contributed by atoms with van der Waals surface area (Å²) in [5.74, 6) is -0.642. The summed E-state index contributed by atoms with van der Waals surface area (Å²) in [6.45, 7) is 2.07. The van der Waals surface area contributed by atoms with Crippen LogP contribution in [0.3, 0.4) is 0 Å². The quantitative estimate of drug-likeness (QED) is 0.702. The third kappa shape index (κ3) is 3.63. The lowest BCUT2D eigenvalue weighted by molar-refractivity contribution is 0.100. The summed E-state index contributed by atoms with van der Waals surface area (Å²) < 4.78 is 27.7. The fraction of sp³-hybridized carbons (Fsp3) is 0.176. The summed E-state index contributed by atoms with van der Waals surface area (Å²) in [6, 6.07) is 11.3. The molecule has 3 rings (SSSR count). The standard InChI is InChI=1S/C17H18N4O3S/c1-2-25(23,24)20-13-8-14-15(16(18)22)11-21(17(14)19-9-13)10-12-6-4-3-5-7-12/h3-9,11,20H,2,10H2,1H3,(H2,18,22). The van der Waals surface area contributed by atoms with Gasteiger partial charge in [-0.1, -0.05) is 30.3 Å². The number of sulfonamides is 1. The second kappa shape index (κ2) is 6.56. The van der Waals surface area contributed by atoms with Crippen molar-refractivity contribution >= 4 is 32.7 Å². The summed E-state index contributed by atoms with van der Waals surface area (Å²) in [6.07, 6.45) is 3.08. The van der Waals surface area contributed by atoms with E-state index in [0.717, 1.165) is 5.56 Å². The number of nitrogens with one attached hydrogen (secondary N) is 1. The van der Waals surface area contributed by atoms with E-state index in [1.165, 1.54) is 6.20 Å². The summed E-state index contributed by atoms with van der Waals surface area (Å²) in [4.78, 5) is 16.1. The zero-order valence-electron chi connectivity index (χ0n) is 13.6. The molecule has 0 aliphatic rings. The van der Waals surface area contributed by atoms with Crippen LogP contribution < -0.4 is 10.5 Å². The first-order valence-corrected chi connectivity index (χ1v) is 9.38. The number of aromatic nitrogens is 2. The van der Waals surface area contributed by atoms with E-state index >= 15 is 0 Å². The Labute approximate surface area is 145 Å². The van der Waals surface area contributed by atoms with Gasteiger partial charge in [-0.3, -0.25) is 9.52 Å². The number of benzene rings is 1. The van der Waals surface area contributed by atoms with Crippen molar-refractivity contribution in [3.63, 3.8) is 0 Å². The highest BCUT2D eigenvalue weighted by molar-refractivity contribution is 7.92. The molecule has 0 bridgehead atoms. The molecule has 3 N–H and O–H groups in total. The molecule has 0 saturated heterocycles. The number of carbonyl (C=O) groups is 1. The second-order valence-electron chi connectivity index (χ2n) is 5.62. The van der Waals surface area contributed by atoms with E-state index in [4.69, 9.17) is 5.73 Å². The monoisotopic (exact) mass is 358 g/mol. The van der Waals surface area contributed by atoms with Crippen LogP contribution in [0.15, 0.2) is 48.8 Å². The van der Waals surface area contributed by atoms with Crippen LogP contribution in [-0.2, 0) is 16.6 Å². The summed E-state index contributed by atoms with van der Waals surface area (Å²) in [5, 5.41) is 0.514. The third-order valence-electron chi connectivity index (χ3n) is 3.83. The van der Waals surface area contributed by atoms with Crippen LogP contribution in [0.4, 0.5) is 5.69 Å². The summed E-state index contributed by atoms with van der Waals surface area (Å²) >= 11 is 0. The number of carbonyl (C=O) groups excluding carboxylic acids is 1. The van der Waals surface area contributed by atoms with Crippen molar-refractivity contribution in [1.29, 1.82) is 0 Å². The van der Waals surface area contributed by atoms with E-state index in [2.05, 4.69) is 9.71 Å². The van der Waals surface area contributed by atoms with Crippen LogP contribution >= 0.6 is 0 Å². The number of hydrogen-bond acceptors (Lipinski definition) is 4. The van der Waals surface area contributed by atoms with E-state index in [9.17, 15) is 13.2 Å². The topological polar surface area (TPSA) is 107 Å². The Kier molecular flexibility index (Phi) is 4.45. The number of amides is 1. The maximum absolute atomic E-state index is 11.8. The van der Waals surface area contributed by atoms with E-state index in [1.807, 2.05) is 34.9 Å². The molecule has 25 heavy (non-hydrogen) atoms. The lowest BCUT2D eigenvalue weighted by atomic mass is 10.2. The maximum Gasteiger partial charge on any atom is 0.250 e. The first kappa shape index (κ1) is 17.0. The Morgan fingerprint density at radius 1 is 1.28 bits per heavy atom. The molecule has 8 heteroatoms. The molecule has 0 aliphatic carbocycles. The highest BCUT2D eigenvalue weighted by Gasteiger charge is 2.16. The van der Waals surface area contributed by atoms with Gasteiger partial charge in [0.15, 0.2) is 0 Å². The smallest absolute Gasteiger partial charge is 0.250 e. The van der Waals surface area contributed by atoms with Crippen LogP contribution in [0.25, 0.3) is 11.0 Å². The second-order valence-corrected chi connectivity index (χ2v) is 7.63. The molecule has 1 amide bonds. The minimum absolute atomic E-state index is 0.0528. The predicted octanol–water partition coefficient (Wildman–Crippen LogP) is 1.95. The van der Waals surface area contributed by atoms with E-state index in [1.54, 1.807) is 19.2 Å². The summed E-state index contributed by atoms with van der Waals surface area (Å²) in [5.41, 5.74) is 7.69. The number of pyridine rings is 1. The van der Waals surface area contributed by atoms with Gasteiger partial charge >= 0.3 is 0 Å². The van der Waals surface area contributed by atoms with E-state index in [-0.39, 0.29) is 5.75 Å². The first-order chi connectivity index (χ1) is 11.9. The largest absolute Gasteiger partial charge is 0.366 e. The molecule has 0 saturated carbocycles. The van der Waals surface area contributed by atoms with Gasteiger partial charge in [0.25, 0.3) is 5.91 Å². The molecule has 0 fully saturated rings. The van der Waals surface area contributed by atoms with E-state index in [0.29, 0.717) is 28.8 Å². The average molecular weight is 358 g/mol. The Morgan fingerprint density at radius 2 is 2.00 bits per heavy atom. The van der Waals surface area contributed by atoms with Gasteiger partial charge in [0.05, 0.1) is 23.2 Å². The van der Waals surface area contributed by atoms with E-state index < -0.39 is 15.9 Å². The molecule has 0 spiro atoms. The fourth-order valence-corrected chi connectivity index (χ4v) is 3.19. The highest BCUT2D eigenvalue weighted by atomic mass is 32.2. The Hall–Kier alpha value is -2.87. The Morgan fingerprint density at radius 3 is 2.64 bits per heavy atom. The van der Waals surface area contributed by atoms with Crippen molar-refractivity contribution < 1.29 is 13.2 Å². The first-order valence-electron chi connectivity index (χ1n) is 7.72. The van der Waals surface area contributed by atoms with Crippen LogP contribution in [-0.4, -0.2) is 29.6 Å². The minimum Gasteiger partial charge on any atom is -0.366 e. The predicted molar refractivity (Wildman–Crippen MR) is 96.9 cm³/mol. The number of primary amides is 1. The number of rotatable bonds is 6.